The number of hydrogen-bond donors (Lipinski definition) is 2. The average molecular weight is 468 g/mol. The first-order valence-corrected chi connectivity index (χ1v) is 11.8. The van der Waals surface area contributed by atoms with Gasteiger partial charge in [0, 0.05) is 47.0 Å². The van der Waals surface area contributed by atoms with Crippen LogP contribution in [0, 0.1) is 5.92 Å². The van der Waals surface area contributed by atoms with Crippen LogP contribution in [0.15, 0.2) is 70.1 Å². The lowest BCUT2D eigenvalue weighted by Gasteiger charge is -2.27. The Labute approximate surface area is 201 Å². The van der Waals surface area contributed by atoms with Crippen molar-refractivity contribution in [1.82, 2.24) is 29.8 Å². The summed E-state index contributed by atoms with van der Waals surface area (Å²) in [7, 11) is 0. The second kappa shape index (κ2) is 8.83. The van der Waals surface area contributed by atoms with E-state index < -0.39 is 5.76 Å². The SMILES string of the molecule is Nc1cc(C2CCC(Cc3n[nH]c(=O)o3)CC2)nc2c(-c3ccc(-c4ccccc4)nc3)cnn12. The third-order valence-electron chi connectivity index (χ3n) is 6.87. The Balaban J connectivity index is 1.23. The van der Waals surface area contributed by atoms with Gasteiger partial charge in [-0.15, -0.1) is 5.10 Å². The van der Waals surface area contributed by atoms with E-state index in [-0.39, 0.29) is 0 Å². The van der Waals surface area contributed by atoms with Crippen LogP contribution < -0.4 is 11.5 Å². The Bertz CT molecular complexity index is 1510. The van der Waals surface area contributed by atoms with Crippen molar-refractivity contribution < 1.29 is 4.42 Å². The van der Waals surface area contributed by atoms with Crippen LogP contribution in [0.3, 0.4) is 0 Å². The molecule has 1 fully saturated rings. The lowest BCUT2D eigenvalue weighted by atomic mass is 9.79. The number of benzene rings is 1. The molecule has 1 saturated carbocycles. The average Bonchev–Trinajstić information content (AvgIpc) is 3.51. The van der Waals surface area contributed by atoms with Gasteiger partial charge in [0.15, 0.2) is 5.65 Å². The molecule has 0 unspecified atom stereocenters. The van der Waals surface area contributed by atoms with Crippen LogP contribution in [0.25, 0.3) is 28.0 Å². The highest BCUT2D eigenvalue weighted by atomic mass is 16.4. The molecule has 4 aromatic heterocycles. The minimum Gasteiger partial charge on any atom is -0.392 e. The van der Waals surface area contributed by atoms with Crippen LogP contribution in [0.2, 0.25) is 0 Å². The molecule has 0 saturated heterocycles. The molecular weight excluding hydrogens is 442 g/mol. The number of hydrogen-bond acceptors (Lipinski definition) is 7. The van der Waals surface area contributed by atoms with Crippen LogP contribution in [0.1, 0.15) is 43.2 Å². The van der Waals surface area contributed by atoms with E-state index in [2.05, 4.69) is 26.3 Å². The van der Waals surface area contributed by atoms with Gasteiger partial charge in [0.2, 0.25) is 5.89 Å². The first kappa shape index (κ1) is 21.3. The predicted octanol–water partition coefficient (Wildman–Crippen LogP) is 4.23. The second-order valence-corrected chi connectivity index (χ2v) is 9.13. The van der Waals surface area contributed by atoms with Crippen LogP contribution in [-0.2, 0) is 6.42 Å². The van der Waals surface area contributed by atoms with Gasteiger partial charge in [-0.05, 0) is 37.7 Å². The molecule has 0 spiro atoms. The van der Waals surface area contributed by atoms with Crippen LogP contribution in [0.4, 0.5) is 5.82 Å². The van der Waals surface area contributed by atoms with Gasteiger partial charge in [-0.1, -0.05) is 36.4 Å². The highest BCUT2D eigenvalue weighted by molar-refractivity contribution is 5.78. The minimum atomic E-state index is -0.497. The van der Waals surface area contributed by atoms with E-state index in [0.717, 1.165) is 59.4 Å². The summed E-state index contributed by atoms with van der Waals surface area (Å²) in [5, 5.41) is 10.8. The van der Waals surface area contributed by atoms with Gasteiger partial charge in [0.1, 0.15) is 5.82 Å². The number of nitrogens with one attached hydrogen (secondary N) is 1. The quantitative estimate of drug-likeness (QED) is 0.396. The van der Waals surface area contributed by atoms with Crippen molar-refractivity contribution in [3.63, 3.8) is 0 Å². The lowest BCUT2D eigenvalue weighted by molar-refractivity contribution is 0.299. The summed E-state index contributed by atoms with van der Waals surface area (Å²) in [6.07, 6.45) is 8.38. The van der Waals surface area contributed by atoms with E-state index in [9.17, 15) is 4.79 Å². The molecule has 5 aromatic rings. The molecule has 3 N–H and O–H groups in total. The van der Waals surface area contributed by atoms with Crippen LogP contribution in [-0.4, -0.2) is 29.8 Å². The Hall–Kier alpha value is -4.27. The largest absolute Gasteiger partial charge is 0.434 e. The van der Waals surface area contributed by atoms with Crippen molar-refractivity contribution in [2.75, 3.05) is 5.73 Å². The molecule has 0 amide bonds. The molecule has 4 heterocycles. The zero-order valence-corrected chi connectivity index (χ0v) is 19.1. The van der Waals surface area contributed by atoms with Crippen molar-refractivity contribution in [2.45, 2.75) is 38.0 Å². The zero-order valence-electron chi connectivity index (χ0n) is 19.1. The topological polar surface area (TPSA) is 128 Å². The number of nitrogens with two attached hydrogens (primary N) is 1. The monoisotopic (exact) mass is 467 g/mol. The Morgan fingerprint density at radius 1 is 1.03 bits per heavy atom. The molecule has 0 bridgehead atoms. The zero-order chi connectivity index (χ0) is 23.8. The number of anilines is 1. The van der Waals surface area contributed by atoms with Crippen molar-refractivity contribution in [3.8, 4) is 22.4 Å². The molecule has 0 radical (unpaired) electrons. The number of aromatic nitrogens is 6. The van der Waals surface area contributed by atoms with Gasteiger partial charge in [0.25, 0.3) is 0 Å². The highest BCUT2D eigenvalue weighted by Crippen LogP contribution is 2.37. The molecule has 176 valence electrons. The number of nitrogen functional groups attached to an aromatic ring is 1. The van der Waals surface area contributed by atoms with Gasteiger partial charge in [-0.3, -0.25) is 4.98 Å². The number of H-pyrrole nitrogens is 1. The fourth-order valence-electron chi connectivity index (χ4n) is 5.01. The van der Waals surface area contributed by atoms with Crippen molar-refractivity contribution in [2.24, 2.45) is 5.92 Å². The van der Waals surface area contributed by atoms with Gasteiger partial charge < -0.3 is 10.2 Å². The third kappa shape index (κ3) is 4.21. The van der Waals surface area contributed by atoms with Gasteiger partial charge >= 0.3 is 5.76 Å². The maximum Gasteiger partial charge on any atom is 0.434 e. The van der Waals surface area contributed by atoms with E-state index >= 15 is 0 Å². The first-order chi connectivity index (χ1) is 17.1. The minimum absolute atomic E-state index is 0.325. The van der Waals surface area contributed by atoms with E-state index in [1.807, 2.05) is 48.7 Å². The standard InChI is InChI=1S/C26H25N7O2/c27-23-13-22(18-8-6-16(7-9-18)12-24-31-32-26(34)35-24)30-25-20(15-29-33(23)25)19-10-11-21(28-14-19)17-4-2-1-3-5-17/h1-5,10-11,13-16,18H,6-9,12,27H2,(H,32,34). The van der Waals surface area contributed by atoms with Crippen LogP contribution in [0.5, 0.6) is 0 Å². The molecule has 35 heavy (non-hydrogen) atoms. The number of nitrogens with zero attached hydrogens (tertiary/aromatic N) is 5. The van der Waals surface area contributed by atoms with Crippen molar-refractivity contribution in [1.29, 1.82) is 0 Å². The fraction of sp³-hybridized carbons (Fsp3) is 0.269. The fourth-order valence-corrected chi connectivity index (χ4v) is 5.01. The molecule has 6 rings (SSSR count). The molecule has 1 aromatic carbocycles. The summed E-state index contributed by atoms with van der Waals surface area (Å²) in [6.45, 7) is 0. The summed E-state index contributed by atoms with van der Waals surface area (Å²) in [5.41, 5.74) is 12.0. The van der Waals surface area contributed by atoms with E-state index in [1.54, 1.807) is 10.7 Å². The Morgan fingerprint density at radius 2 is 1.86 bits per heavy atom. The summed E-state index contributed by atoms with van der Waals surface area (Å²) >= 11 is 0. The maximum absolute atomic E-state index is 11.2. The van der Waals surface area contributed by atoms with Gasteiger partial charge in [-0.25, -0.2) is 14.9 Å². The van der Waals surface area contributed by atoms with Gasteiger partial charge in [-0.2, -0.15) is 9.61 Å². The number of aromatic amines is 1. The number of rotatable bonds is 5. The lowest BCUT2D eigenvalue weighted by Crippen LogP contribution is -2.17. The smallest absolute Gasteiger partial charge is 0.392 e. The maximum atomic E-state index is 11.2. The summed E-state index contributed by atoms with van der Waals surface area (Å²) in [5.74, 6) is 1.33. The number of pyridine rings is 1. The normalized spacial score (nSPS) is 18.2. The van der Waals surface area contributed by atoms with Crippen molar-refractivity contribution in [3.05, 3.63) is 83.1 Å². The summed E-state index contributed by atoms with van der Waals surface area (Å²) < 4.78 is 6.76. The molecule has 9 heteroatoms. The summed E-state index contributed by atoms with van der Waals surface area (Å²) in [4.78, 5) is 20.8. The molecule has 0 atom stereocenters. The Morgan fingerprint density at radius 3 is 2.57 bits per heavy atom. The molecular formula is C26H25N7O2. The molecule has 1 aliphatic rings. The van der Waals surface area contributed by atoms with Crippen molar-refractivity contribution >= 4 is 11.5 Å². The van der Waals surface area contributed by atoms with Gasteiger partial charge in [0.05, 0.1) is 11.9 Å². The second-order valence-electron chi connectivity index (χ2n) is 9.13. The molecule has 9 nitrogen and oxygen atoms in total. The Kier molecular flexibility index (Phi) is 5.36. The highest BCUT2D eigenvalue weighted by Gasteiger charge is 2.26. The predicted molar refractivity (Wildman–Crippen MR) is 132 cm³/mol. The number of fused-ring (bicyclic) bond motifs is 1. The summed E-state index contributed by atoms with van der Waals surface area (Å²) in [6, 6.07) is 16.1. The first-order valence-electron chi connectivity index (χ1n) is 11.8. The van der Waals surface area contributed by atoms with E-state index in [0.29, 0.717) is 30.0 Å². The van der Waals surface area contributed by atoms with Crippen LogP contribution >= 0.6 is 0 Å². The van der Waals surface area contributed by atoms with E-state index in [1.165, 1.54) is 0 Å². The molecule has 1 aliphatic carbocycles. The van der Waals surface area contributed by atoms with E-state index in [4.69, 9.17) is 15.1 Å². The molecule has 0 aliphatic heterocycles. The third-order valence-corrected chi connectivity index (χ3v) is 6.87.